The fourth-order valence-corrected chi connectivity index (χ4v) is 5.15. The minimum atomic E-state index is -3.05. The number of benzene rings is 1. The summed E-state index contributed by atoms with van der Waals surface area (Å²) in [6, 6.07) is 5.42. The summed E-state index contributed by atoms with van der Waals surface area (Å²) in [5, 5.41) is 11.8. The number of halogens is 1. The molecule has 112 valence electrons. The van der Waals surface area contributed by atoms with Gasteiger partial charge >= 0.3 is 0 Å². The molecule has 0 amide bonds. The number of hydrogen-bond acceptors (Lipinski definition) is 6. The zero-order valence-corrected chi connectivity index (χ0v) is 13.7. The zero-order chi connectivity index (χ0) is 15.3. The topological polar surface area (TPSA) is 104 Å². The van der Waals surface area contributed by atoms with Gasteiger partial charge in [0.25, 0.3) is 0 Å². The van der Waals surface area contributed by atoms with Gasteiger partial charge in [-0.15, -0.1) is 5.10 Å². The van der Waals surface area contributed by atoms with E-state index in [1.807, 2.05) is 19.1 Å². The number of nitrogens with two attached hydrogens (primary N) is 1. The van der Waals surface area contributed by atoms with Crippen LogP contribution in [-0.2, 0) is 15.4 Å². The van der Waals surface area contributed by atoms with Crippen LogP contribution in [0.25, 0.3) is 11.4 Å². The zero-order valence-electron chi connectivity index (χ0n) is 11.3. The van der Waals surface area contributed by atoms with Crippen LogP contribution in [0.2, 0.25) is 0 Å². The second-order valence-corrected chi connectivity index (χ2v) is 8.44. The molecule has 1 aromatic heterocycles. The molecule has 1 aromatic carbocycles. The highest BCUT2D eigenvalue weighted by molar-refractivity contribution is 9.10. The van der Waals surface area contributed by atoms with Crippen molar-refractivity contribution in [3.63, 3.8) is 0 Å². The molecule has 0 radical (unpaired) electrons. The Bertz CT molecular complexity index is 804. The Labute approximate surface area is 130 Å². The lowest BCUT2D eigenvalue weighted by Gasteiger charge is -2.23. The predicted octanol–water partition coefficient (Wildman–Crippen LogP) is 1.22. The molecule has 1 fully saturated rings. The Hall–Kier alpha value is -1.48. The summed E-state index contributed by atoms with van der Waals surface area (Å²) in [4.78, 5) is 0. The quantitative estimate of drug-likeness (QED) is 0.795. The maximum atomic E-state index is 11.8. The molecule has 0 saturated carbocycles. The van der Waals surface area contributed by atoms with E-state index >= 15 is 0 Å². The van der Waals surface area contributed by atoms with E-state index in [4.69, 9.17) is 5.73 Å². The summed E-state index contributed by atoms with van der Waals surface area (Å²) in [6.45, 7) is 1.86. The Morgan fingerprint density at radius 1 is 1.43 bits per heavy atom. The number of hydrogen-bond donors (Lipinski definition) is 1. The van der Waals surface area contributed by atoms with E-state index in [1.165, 1.54) is 0 Å². The summed E-state index contributed by atoms with van der Waals surface area (Å²) >= 11 is 3.43. The van der Waals surface area contributed by atoms with Gasteiger partial charge in [-0.1, -0.05) is 6.07 Å². The molecule has 21 heavy (non-hydrogen) atoms. The van der Waals surface area contributed by atoms with Gasteiger partial charge in [-0.05, 0) is 51.8 Å². The second-order valence-electron chi connectivity index (χ2n) is 5.46. The lowest BCUT2D eigenvalue weighted by molar-refractivity contribution is 0.325. The van der Waals surface area contributed by atoms with Crippen LogP contribution in [0.15, 0.2) is 22.7 Å². The van der Waals surface area contributed by atoms with E-state index in [0.29, 0.717) is 22.4 Å². The Morgan fingerprint density at radius 3 is 2.86 bits per heavy atom. The van der Waals surface area contributed by atoms with Crippen molar-refractivity contribution in [1.29, 1.82) is 0 Å². The Kier molecular flexibility index (Phi) is 3.28. The average molecular weight is 372 g/mol. The average Bonchev–Trinajstić information content (AvgIpc) is 2.98. The first-order valence-electron chi connectivity index (χ1n) is 6.36. The molecule has 1 aliphatic rings. The van der Waals surface area contributed by atoms with Crippen LogP contribution >= 0.6 is 15.9 Å². The molecule has 1 aliphatic heterocycles. The third-order valence-corrected chi connectivity index (χ3v) is 6.51. The number of aromatic nitrogens is 4. The van der Waals surface area contributed by atoms with Crippen molar-refractivity contribution in [2.75, 3.05) is 17.2 Å². The second kappa shape index (κ2) is 4.77. The van der Waals surface area contributed by atoms with E-state index in [-0.39, 0.29) is 11.5 Å². The molecule has 1 unspecified atom stereocenters. The minimum absolute atomic E-state index is 0.0397. The lowest BCUT2D eigenvalue weighted by Crippen LogP contribution is -2.33. The summed E-state index contributed by atoms with van der Waals surface area (Å²) < 4.78 is 25.9. The molecule has 3 rings (SSSR count). The molecular formula is C12H14BrN5O2S. The number of nitrogen functional groups attached to an aromatic ring is 1. The molecule has 9 heteroatoms. The van der Waals surface area contributed by atoms with E-state index in [9.17, 15) is 8.42 Å². The van der Waals surface area contributed by atoms with Crippen molar-refractivity contribution >= 4 is 31.5 Å². The molecule has 2 N–H and O–H groups in total. The molecular weight excluding hydrogens is 358 g/mol. The van der Waals surface area contributed by atoms with E-state index in [2.05, 4.69) is 31.5 Å². The maximum Gasteiger partial charge on any atom is 0.183 e. The van der Waals surface area contributed by atoms with E-state index in [0.717, 1.165) is 5.56 Å². The van der Waals surface area contributed by atoms with Crippen LogP contribution in [-0.4, -0.2) is 40.1 Å². The minimum Gasteiger partial charge on any atom is -0.398 e. The van der Waals surface area contributed by atoms with Crippen LogP contribution in [0.1, 0.15) is 13.3 Å². The number of nitrogens with zero attached hydrogens (tertiary/aromatic N) is 4. The van der Waals surface area contributed by atoms with Crippen LogP contribution < -0.4 is 5.73 Å². The Balaban J connectivity index is 2.12. The van der Waals surface area contributed by atoms with Crippen LogP contribution in [0.3, 0.4) is 0 Å². The van der Waals surface area contributed by atoms with E-state index < -0.39 is 15.4 Å². The molecule has 2 heterocycles. The van der Waals surface area contributed by atoms with Crippen molar-refractivity contribution in [3.05, 3.63) is 22.7 Å². The third-order valence-electron chi connectivity index (χ3n) is 3.73. The van der Waals surface area contributed by atoms with E-state index in [1.54, 1.807) is 10.7 Å². The number of tetrazole rings is 1. The largest absolute Gasteiger partial charge is 0.398 e. The fraction of sp³-hybridized carbons (Fsp3) is 0.417. The molecule has 7 nitrogen and oxygen atoms in total. The predicted molar refractivity (Wildman–Crippen MR) is 82.3 cm³/mol. The van der Waals surface area contributed by atoms with Gasteiger partial charge in [-0.25, -0.2) is 13.1 Å². The highest BCUT2D eigenvalue weighted by Gasteiger charge is 2.42. The molecule has 0 aliphatic carbocycles. The van der Waals surface area contributed by atoms with Crippen LogP contribution in [0, 0.1) is 0 Å². The molecule has 0 bridgehead atoms. The van der Waals surface area contributed by atoms with Crippen molar-refractivity contribution < 1.29 is 8.42 Å². The molecule has 2 aromatic rings. The normalized spacial score (nSPS) is 24.3. The van der Waals surface area contributed by atoms with Crippen LogP contribution in [0.5, 0.6) is 0 Å². The van der Waals surface area contributed by atoms with Gasteiger partial charge in [0, 0.05) is 11.3 Å². The first-order chi connectivity index (χ1) is 9.82. The summed E-state index contributed by atoms with van der Waals surface area (Å²) in [7, 11) is -3.05. The number of anilines is 1. The van der Waals surface area contributed by atoms with Gasteiger partial charge in [-0.2, -0.15) is 0 Å². The van der Waals surface area contributed by atoms with Gasteiger partial charge in [0.05, 0.1) is 21.5 Å². The van der Waals surface area contributed by atoms with Gasteiger partial charge in [0.15, 0.2) is 15.7 Å². The highest BCUT2D eigenvalue weighted by atomic mass is 79.9. The van der Waals surface area contributed by atoms with Crippen molar-refractivity contribution in [3.8, 4) is 11.4 Å². The standard InChI is InChI=1S/C12H14BrN5O2S/c1-12(5-6-21(19,20)7-12)18-11(15-16-17-18)8-3-2-4-9(14)10(8)13/h2-4H,5-7,14H2,1H3. The van der Waals surface area contributed by atoms with Gasteiger partial charge in [0.1, 0.15) is 0 Å². The number of rotatable bonds is 2. The van der Waals surface area contributed by atoms with Crippen molar-refractivity contribution in [2.45, 2.75) is 18.9 Å². The monoisotopic (exact) mass is 371 g/mol. The number of sulfone groups is 1. The summed E-state index contributed by atoms with van der Waals surface area (Å²) in [5.74, 6) is 0.701. The molecule has 1 atom stereocenters. The van der Waals surface area contributed by atoms with Gasteiger partial charge in [0.2, 0.25) is 0 Å². The van der Waals surface area contributed by atoms with Gasteiger partial charge < -0.3 is 5.73 Å². The molecule has 1 saturated heterocycles. The summed E-state index contributed by atoms with van der Waals surface area (Å²) in [5.41, 5.74) is 6.56. The van der Waals surface area contributed by atoms with Gasteiger partial charge in [-0.3, -0.25) is 0 Å². The third kappa shape index (κ3) is 2.44. The first-order valence-corrected chi connectivity index (χ1v) is 8.97. The van der Waals surface area contributed by atoms with Crippen LogP contribution in [0.4, 0.5) is 5.69 Å². The summed E-state index contributed by atoms with van der Waals surface area (Å²) in [6.07, 6.45) is 0.493. The maximum absolute atomic E-state index is 11.8. The molecule has 0 spiro atoms. The first kappa shape index (κ1) is 14.5. The SMILES string of the molecule is CC1(n2nnnc2-c2cccc(N)c2Br)CCS(=O)(=O)C1. The lowest BCUT2D eigenvalue weighted by atomic mass is 10.0. The smallest absolute Gasteiger partial charge is 0.183 e. The Morgan fingerprint density at radius 2 is 2.19 bits per heavy atom. The fourth-order valence-electron chi connectivity index (χ4n) is 2.60. The highest BCUT2D eigenvalue weighted by Crippen LogP contribution is 2.36. The van der Waals surface area contributed by atoms with Crippen molar-refractivity contribution in [2.24, 2.45) is 0 Å². The van der Waals surface area contributed by atoms with Crippen molar-refractivity contribution in [1.82, 2.24) is 20.2 Å².